The van der Waals surface area contributed by atoms with E-state index in [1.54, 1.807) is 17.0 Å². The van der Waals surface area contributed by atoms with Crippen LogP contribution < -0.4 is 10.2 Å². The average molecular weight is 381 g/mol. The summed E-state index contributed by atoms with van der Waals surface area (Å²) in [6.07, 6.45) is 1.23. The van der Waals surface area contributed by atoms with Crippen molar-refractivity contribution in [3.8, 4) is 0 Å². The summed E-state index contributed by atoms with van der Waals surface area (Å²) in [5.74, 6) is 1.14. The topological polar surface area (TPSA) is 53.9 Å². The van der Waals surface area contributed by atoms with Gasteiger partial charge in [0.2, 0.25) is 5.91 Å². The molecule has 6 heteroatoms. The first kappa shape index (κ1) is 20.7. The number of benzene rings is 1. The minimum absolute atomic E-state index is 0.0433. The lowest BCUT2D eigenvalue weighted by molar-refractivity contribution is -0.904. The lowest BCUT2D eigenvalue weighted by Crippen LogP contribution is -3.15. The largest absolute Gasteiger partial charge is 0.329 e. The maximum Gasteiger partial charge on any atom is 0.278 e. The molecule has 2 atom stereocenters. The van der Waals surface area contributed by atoms with Gasteiger partial charge in [-0.3, -0.25) is 9.59 Å². The van der Waals surface area contributed by atoms with Gasteiger partial charge >= 0.3 is 0 Å². The van der Waals surface area contributed by atoms with Gasteiger partial charge in [0, 0.05) is 29.1 Å². The molecule has 144 valence electrons. The number of amides is 2. The molecule has 1 aromatic rings. The number of hydrogen-bond acceptors (Lipinski definition) is 2. The van der Waals surface area contributed by atoms with Gasteiger partial charge in [-0.05, 0) is 38.0 Å². The molecule has 0 saturated carbocycles. The van der Waals surface area contributed by atoms with Gasteiger partial charge in [0.1, 0.15) is 6.54 Å². The molecule has 1 aliphatic rings. The van der Waals surface area contributed by atoms with Crippen LogP contribution in [0.5, 0.6) is 0 Å². The predicted octanol–water partition coefficient (Wildman–Crippen LogP) is 2.00. The van der Waals surface area contributed by atoms with Gasteiger partial charge in [0.25, 0.3) is 5.91 Å². The number of nitrogens with one attached hydrogen (secondary N) is 2. The highest BCUT2D eigenvalue weighted by Gasteiger charge is 2.28. The molecule has 1 saturated heterocycles. The molecule has 1 heterocycles. The van der Waals surface area contributed by atoms with Crippen molar-refractivity contribution in [2.75, 3.05) is 38.0 Å². The summed E-state index contributed by atoms with van der Waals surface area (Å²) in [7, 11) is 0. The van der Waals surface area contributed by atoms with Crippen LogP contribution in [0, 0.1) is 18.8 Å². The second-order valence-corrected chi connectivity index (χ2v) is 8.13. The van der Waals surface area contributed by atoms with Crippen molar-refractivity contribution in [3.05, 3.63) is 28.8 Å². The van der Waals surface area contributed by atoms with Gasteiger partial charge in [0.15, 0.2) is 6.54 Å². The van der Waals surface area contributed by atoms with E-state index in [0.717, 1.165) is 18.7 Å². The van der Waals surface area contributed by atoms with E-state index >= 15 is 0 Å². The molecule has 5 nitrogen and oxygen atoms in total. The number of likely N-dealkylation sites (tertiary alicyclic amines) is 1. The molecule has 0 aromatic heterocycles. The van der Waals surface area contributed by atoms with Crippen LogP contribution in [0.3, 0.4) is 0 Å². The molecule has 0 unspecified atom stereocenters. The number of quaternary nitrogens is 1. The Hall–Kier alpha value is -1.59. The maximum absolute atomic E-state index is 12.7. The summed E-state index contributed by atoms with van der Waals surface area (Å²) in [5, 5.41) is 3.44. The minimum atomic E-state index is -0.194. The molecule has 1 aromatic carbocycles. The summed E-state index contributed by atoms with van der Waals surface area (Å²) >= 11 is 6.00. The summed E-state index contributed by atoms with van der Waals surface area (Å²) in [6, 6.07) is 5.38. The van der Waals surface area contributed by atoms with Gasteiger partial charge in [-0.1, -0.05) is 31.5 Å². The maximum atomic E-state index is 12.7. The van der Waals surface area contributed by atoms with Crippen molar-refractivity contribution >= 4 is 29.1 Å². The van der Waals surface area contributed by atoms with Gasteiger partial charge in [-0.2, -0.15) is 0 Å². The van der Waals surface area contributed by atoms with E-state index in [4.69, 9.17) is 11.6 Å². The molecular weight excluding hydrogens is 350 g/mol. The molecular formula is C20H31ClN3O2+. The third-order valence-electron chi connectivity index (χ3n) is 5.02. The van der Waals surface area contributed by atoms with E-state index in [0.29, 0.717) is 35.6 Å². The summed E-state index contributed by atoms with van der Waals surface area (Å²) < 4.78 is 0. The minimum Gasteiger partial charge on any atom is -0.329 e. The second-order valence-electron chi connectivity index (χ2n) is 7.70. The van der Waals surface area contributed by atoms with Crippen LogP contribution >= 0.6 is 11.6 Å². The third kappa shape index (κ3) is 5.99. The SMILES string of the molecule is CCN(CC(=O)Nc1cc(Cl)ccc1C)C(=O)C[NH+]1C[C@H](C)C[C@@H](C)C1. The molecule has 0 spiro atoms. The standard InChI is InChI=1S/C20H30ClN3O2/c1-5-24(20(26)13-23-10-14(2)8-15(3)11-23)12-19(25)22-18-9-17(21)7-6-16(18)4/h6-7,9,14-15H,5,8,10-13H2,1-4H3,(H,22,25)/p+1/t14-,15-/m1/s1. The van der Waals surface area contributed by atoms with Crippen molar-refractivity contribution < 1.29 is 14.5 Å². The Morgan fingerprint density at radius 2 is 1.92 bits per heavy atom. The van der Waals surface area contributed by atoms with Crippen LogP contribution in [0.4, 0.5) is 5.69 Å². The molecule has 1 fully saturated rings. The summed E-state index contributed by atoms with van der Waals surface area (Å²) in [6.45, 7) is 11.4. The first-order chi connectivity index (χ1) is 12.3. The zero-order valence-electron chi connectivity index (χ0n) is 16.3. The quantitative estimate of drug-likeness (QED) is 0.793. The molecule has 0 bridgehead atoms. The summed E-state index contributed by atoms with van der Waals surface area (Å²) in [5.41, 5.74) is 1.63. The molecule has 2 amide bonds. The molecule has 0 aliphatic carbocycles. The molecule has 1 aliphatic heterocycles. The zero-order valence-corrected chi connectivity index (χ0v) is 17.0. The molecule has 26 heavy (non-hydrogen) atoms. The van der Waals surface area contributed by atoms with E-state index in [2.05, 4.69) is 19.2 Å². The van der Waals surface area contributed by atoms with Crippen molar-refractivity contribution in [1.29, 1.82) is 0 Å². The Morgan fingerprint density at radius 3 is 2.54 bits per heavy atom. The van der Waals surface area contributed by atoms with Gasteiger partial charge in [0.05, 0.1) is 13.1 Å². The smallest absolute Gasteiger partial charge is 0.278 e. The Bertz CT molecular complexity index is 640. The monoisotopic (exact) mass is 380 g/mol. The van der Waals surface area contributed by atoms with E-state index < -0.39 is 0 Å². The fraction of sp³-hybridized carbons (Fsp3) is 0.600. The molecule has 2 rings (SSSR count). The van der Waals surface area contributed by atoms with Crippen molar-refractivity contribution in [1.82, 2.24) is 4.90 Å². The highest BCUT2D eigenvalue weighted by atomic mass is 35.5. The van der Waals surface area contributed by atoms with E-state index in [9.17, 15) is 9.59 Å². The van der Waals surface area contributed by atoms with Gasteiger partial charge in [-0.15, -0.1) is 0 Å². The number of piperidine rings is 1. The fourth-order valence-corrected chi connectivity index (χ4v) is 4.03. The van der Waals surface area contributed by atoms with E-state index in [-0.39, 0.29) is 18.4 Å². The van der Waals surface area contributed by atoms with Crippen LogP contribution in [0.2, 0.25) is 5.02 Å². The number of halogens is 1. The number of carbonyl (C=O) groups is 2. The van der Waals surface area contributed by atoms with Crippen molar-refractivity contribution in [2.45, 2.75) is 34.1 Å². The fourth-order valence-electron chi connectivity index (χ4n) is 3.86. The van der Waals surface area contributed by atoms with Crippen LogP contribution in [0.25, 0.3) is 0 Å². The normalized spacial score (nSPS) is 22.7. The number of likely N-dealkylation sites (N-methyl/N-ethyl adjacent to an activating group) is 1. The van der Waals surface area contributed by atoms with Crippen LogP contribution in [0.15, 0.2) is 18.2 Å². The van der Waals surface area contributed by atoms with E-state index in [1.807, 2.05) is 19.9 Å². The highest BCUT2D eigenvalue weighted by Crippen LogP contribution is 2.20. The van der Waals surface area contributed by atoms with Crippen molar-refractivity contribution in [2.24, 2.45) is 11.8 Å². The first-order valence-corrected chi connectivity index (χ1v) is 9.83. The lowest BCUT2D eigenvalue weighted by Gasteiger charge is -2.32. The van der Waals surface area contributed by atoms with Crippen molar-refractivity contribution in [3.63, 3.8) is 0 Å². The van der Waals surface area contributed by atoms with Crippen LogP contribution in [-0.2, 0) is 9.59 Å². The third-order valence-corrected chi connectivity index (χ3v) is 5.26. The second kappa shape index (κ2) is 9.38. The highest BCUT2D eigenvalue weighted by molar-refractivity contribution is 6.31. The molecule has 2 N–H and O–H groups in total. The lowest BCUT2D eigenvalue weighted by atomic mass is 9.92. The van der Waals surface area contributed by atoms with Gasteiger partial charge < -0.3 is 15.1 Å². The number of hydrogen-bond donors (Lipinski definition) is 2. The summed E-state index contributed by atoms with van der Waals surface area (Å²) in [4.78, 5) is 28.0. The van der Waals surface area contributed by atoms with Crippen LogP contribution in [0.1, 0.15) is 32.8 Å². The number of nitrogens with zero attached hydrogens (tertiary/aromatic N) is 1. The Morgan fingerprint density at radius 1 is 1.27 bits per heavy atom. The van der Waals surface area contributed by atoms with Crippen LogP contribution in [-0.4, -0.2) is 49.4 Å². The number of carbonyl (C=O) groups excluding carboxylic acids is 2. The predicted molar refractivity (Wildman–Crippen MR) is 106 cm³/mol. The number of aryl methyl sites for hydroxylation is 1. The zero-order chi connectivity index (χ0) is 19.3. The average Bonchev–Trinajstić information content (AvgIpc) is 2.55. The Labute approximate surface area is 161 Å². The molecule has 0 radical (unpaired) electrons. The Balaban J connectivity index is 1.91. The van der Waals surface area contributed by atoms with Gasteiger partial charge in [-0.25, -0.2) is 0 Å². The first-order valence-electron chi connectivity index (χ1n) is 9.45. The number of rotatable bonds is 6. The van der Waals surface area contributed by atoms with E-state index in [1.165, 1.54) is 11.3 Å². The Kier molecular flexibility index (Phi) is 7.47. The number of anilines is 1.